The molecule has 1 aromatic carbocycles. The predicted molar refractivity (Wildman–Crippen MR) is 80.9 cm³/mol. The molecule has 0 radical (unpaired) electrons. The topological polar surface area (TPSA) is 29.9 Å². The molecular weight excluding hydrogens is 258 g/mol. The van der Waals surface area contributed by atoms with E-state index in [1.807, 2.05) is 19.3 Å². The number of nitrogens with zero attached hydrogens (tertiary/aromatic N) is 2. The van der Waals surface area contributed by atoms with Crippen LogP contribution in [0.4, 0.5) is 5.69 Å². The van der Waals surface area contributed by atoms with E-state index < -0.39 is 0 Å². The SMILES string of the molecule is Cc1nccn1CCNc1cccc(CCCCl)c1. The third-order valence-corrected chi connectivity index (χ3v) is 3.40. The van der Waals surface area contributed by atoms with Crippen LogP contribution in [0.2, 0.25) is 0 Å². The fraction of sp³-hybridized carbons (Fsp3) is 0.400. The Morgan fingerprint density at radius 1 is 1.37 bits per heavy atom. The molecule has 0 aliphatic rings. The molecule has 0 unspecified atom stereocenters. The Balaban J connectivity index is 1.84. The standard InChI is InChI=1S/C15H20ClN3/c1-13-17-8-10-19(13)11-9-18-15-6-2-4-14(12-15)5-3-7-16/h2,4,6,8,10,12,18H,3,5,7,9,11H2,1H3. The zero-order chi connectivity index (χ0) is 13.5. The van der Waals surface area contributed by atoms with Gasteiger partial charge in [0.2, 0.25) is 0 Å². The second-order valence-corrected chi connectivity index (χ2v) is 4.97. The maximum absolute atomic E-state index is 5.72. The van der Waals surface area contributed by atoms with E-state index in [-0.39, 0.29) is 0 Å². The molecule has 0 saturated heterocycles. The molecule has 0 spiro atoms. The van der Waals surface area contributed by atoms with Crippen molar-refractivity contribution in [3.63, 3.8) is 0 Å². The first-order valence-corrected chi connectivity index (χ1v) is 7.19. The maximum atomic E-state index is 5.72. The molecular formula is C15H20ClN3. The first kappa shape index (κ1) is 13.9. The van der Waals surface area contributed by atoms with Crippen molar-refractivity contribution in [3.05, 3.63) is 48.0 Å². The Hall–Kier alpha value is -1.48. The van der Waals surface area contributed by atoms with Crippen molar-refractivity contribution in [1.29, 1.82) is 0 Å². The number of nitrogens with one attached hydrogen (secondary N) is 1. The van der Waals surface area contributed by atoms with Crippen molar-refractivity contribution < 1.29 is 0 Å². The molecule has 1 N–H and O–H groups in total. The van der Waals surface area contributed by atoms with E-state index in [1.54, 1.807) is 0 Å². The van der Waals surface area contributed by atoms with Crippen LogP contribution >= 0.6 is 11.6 Å². The number of aromatic nitrogens is 2. The Kier molecular flexibility index (Phi) is 5.28. The third-order valence-electron chi connectivity index (χ3n) is 3.13. The van der Waals surface area contributed by atoms with Crippen molar-refractivity contribution in [2.75, 3.05) is 17.7 Å². The van der Waals surface area contributed by atoms with E-state index in [0.717, 1.165) is 37.6 Å². The summed E-state index contributed by atoms with van der Waals surface area (Å²) in [7, 11) is 0. The van der Waals surface area contributed by atoms with Crippen molar-refractivity contribution in [3.8, 4) is 0 Å². The van der Waals surface area contributed by atoms with Crippen molar-refractivity contribution >= 4 is 17.3 Å². The molecule has 3 nitrogen and oxygen atoms in total. The first-order valence-electron chi connectivity index (χ1n) is 6.66. The van der Waals surface area contributed by atoms with Gasteiger partial charge < -0.3 is 9.88 Å². The minimum absolute atomic E-state index is 0.720. The summed E-state index contributed by atoms with van der Waals surface area (Å²) in [4.78, 5) is 4.21. The molecule has 1 aromatic heterocycles. The highest BCUT2D eigenvalue weighted by molar-refractivity contribution is 6.17. The average Bonchev–Trinajstić information content (AvgIpc) is 2.83. The van der Waals surface area contributed by atoms with E-state index >= 15 is 0 Å². The van der Waals surface area contributed by atoms with Crippen LogP contribution in [0.5, 0.6) is 0 Å². The number of alkyl halides is 1. The molecule has 0 bridgehead atoms. The van der Waals surface area contributed by atoms with Crippen LogP contribution in [0.3, 0.4) is 0 Å². The fourth-order valence-electron chi connectivity index (χ4n) is 2.07. The lowest BCUT2D eigenvalue weighted by molar-refractivity contribution is 0.701. The van der Waals surface area contributed by atoms with Crippen LogP contribution in [0, 0.1) is 6.92 Å². The molecule has 0 saturated carbocycles. The Labute approximate surface area is 119 Å². The van der Waals surface area contributed by atoms with E-state index in [4.69, 9.17) is 11.6 Å². The molecule has 0 aliphatic heterocycles. The molecule has 4 heteroatoms. The lowest BCUT2D eigenvalue weighted by Gasteiger charge is -2.09. The largest absolute Gasteiger partial charge is 0.383 e. The van der Waals surface area contributed by atoms with Crippen LogP contribution in [-0.4, -0.2) is 22.0 Å². The average molecular weight is 278 g/mol. The lowest BCUT2D eigenvalue weighted by Crippen LogP contribution is -2.11. The van der Waals surface area contributed by atoms with E-state index in [0.29, 0.717) is 0 Å². The summed E-state index contributed by atoms with van der Waals surface area (Å²) in [5, 5.41) is 3.45. The van der Waals surface area contributed by atoms with Gasteiger partial charge in [-0.15, -0.1) is 11.6 Å². The number of imidazole rings is 1. The molecule has 0 atom stereocenters. The zero-order valence-corrected chi connectivity index (χ0v) is 12.0. The van der Waals surface area contributed by atoms with Gasteiger partial charge in [-0.3, -0.25) is 0 Å². The molecule has 19 heavy (non-hydrogen) atoms. The Morgan fingerprint density at radius 2 is 2.26 bits per heavy atom. The van der Waals surface area contributed by atoms with E-state index in [9.17, 15) is 0 Å². The van der Waals surface area contributed by atoms with Crippen molar-refractivity contribution in [2.45, 2.75) is 26.3 Å². The van der Waals surface area contributed by atoms with Gasteiger partial charge >= 0.3 is 0 Å². The Bertz CT molecular complexity index is 508. The van der Waals surface area contributed by atoms with Gasteiger partial charge in [-0.25, -0.2) is 4.98 Å². The van der Waals surface area contributed by atoms with Gasteiger partial charge in [0.05, 0.1) is 0 Å². The summed E-state index contributed by atoms with van der Waals surface area (Å²) in [6.45, 7) is 3.85. The highest BCUT2D eigenvalue weighted by Gasteiger charge is 1.98. The van der Waals surface area contributed by atoms with Gasteiger partial charge in [0.15, 0.2) is 0 Å². The summed E-state index contributed by atoms with van der Waals surface area (Å²) in [5.41, 5.74) is 2.51. The molecule has 2 rings (SSSR count). The summed E-state index contributed by atoms with van der Waals surface area (Å²) in [5.74, 6) is 1.77. The highest BCUT2D eigenvalue weighted by atomic mass is 35.5. The molecule has 102 valence electrons. The second kappa shape index (κ2) is 7.19. The van der Waals surface area contributed by atoms with E-state index in [1.165, 1.54) is 11.3 Å². The second-order valence-electron chi connectivity index (χ2n) is 4.59. The molecule has 2 aromatic rings. The van der Waals surface area contributed by atoms with Gasteiger partial charge in [0.1, 0.15) is 5.82 Å². The van der Waals surface area contributed by atoms with Crippen LogP contribution in [-0.2, 0) is 13.0 Å². The van der Waals surface area contributed by atoms with Crippen LogP contribution in [0.15, 0.2) is 36.7 Å². The number of hydrogen-bond donors (Lipinski definition) is 1. The monoisotopic (exact) mass is 277 g/mol. The quantitative estimate of drug-likeness (QED) is 0.786. The number of hydrogen-bond acceptors (Lipinski definition) is 2. The van der Waals surface area contributed by atoms with Crippen LogP contribution in [0.25, 0.3) is 0 Å². The maximum Gasteiger partial charge on any atom is 0.105 e. The van der Waals surface area contributed by atoms with Crippen molar-refractivity contribution in [1.82, 2.24) is 9.55 Å². The van der Waals surface area contributed by atoms with Crippen LogP contribution < -0.4 is 5.32 Å². The minimum Gasteiger partial charge on any atom is -0.383 e. The normalized spacial score (nSPS) is 10.6. The summed E-state index contributed by atoms with van der Waals surface area (Å²) < 4.78 is 2.14. The van der Waals surface area contributed by atoms with E-state index in [2.05, 4.69) is 39.1 Å². The summed E-state index contributed by atoms with van der Waals surface area (Å²) >= 11 is 5.72. The minimum atomic E-state index is 0.720. The number of anilines is 1. The van der Waals surface area contributed by atoms with Crippen LogP contribution in [0.1, 0.15) is 17.8 Å². The van der Waals surface area contributed by atoms with Gasteiger partial charge in [0, 0.05) is 37.1 Å². The lowest BCUT2D eigenvalue weighted by atomic mass is 10.1. The highest BCUT2D eigenvalue weighted by Crippen LogP contribution is 2.12. The van der Waals surface area contributed by atoms with Gasteiger partial charge in [-0.1, -0.05) is 12.1 Å². The Morgan fingerprint density at radius 3 is 3.00 bits per heavy atom. The number of benzene rings is 1. The number of halogens is 1. The number of rotatable bonds is 7. The summed E-state index contributed by atoms with van der Waals surface area (Å²) in [6.07, 6.45) is 5.91. The van der Waals surface area contributed by atoms with Gasteiger partial charge in [0.25, 0.3) is 0 Å². The molecule has 0 aliphatic carbocycles. The van der Waals surface area contributed by atoms with Crippen molar-refractivity contribution in [2.24, 2.45) is 0 Å². The molecule has 0 amide bonds. The first-order chi connectivity index (χ1) is 9.29. The zero-order valence-electron chi connectivity index (χ0n) is 11.3. The molecule has 0 fully saturated rings. The smallest absolute Gasteiger partial charge is 0.105 e. The van der Waals surface area contributed by atoms with Gasteiger partial charge in [-0.05, 0) is 37.5 Å². The van der Waals surface area contributed by atoms with Gasteiger partial charge in [-0.2, -0.15) is 0 Å². The summed E-state index contributed by atoms with van der Waals surface area (Å²) in [6, 6.07) is 8.55. The predicted octanol–water partition coefficient (Wildman–Crippen LogP) is 3.48. The third kappa shape index (κ3) is 4.28. The molecule has 1 heterocycles. The number of aryl methyl sites for hydroxylation is 2. The fourth-order valence-corrected chi connectivity index (χ4v) is 2.20.